The smallest absolute Gasteiger partial charge is 0.268 e. The van der Waals surface area contributed by atoms with Crippen molar-refractivity contribution in [3.8, 4) is 0 Å². The van der Waals surface area contributed by atoms with Crippen LogP contribution in [0.5, 0.6) is 0 Å². The zero-order chi connectivity index (χ0) is 15.5. The van der Waals surface area contributed by atoms with E-state index in [4.69, 9.17) is 5.21 Å². The van der Waals surface area contributed by atoms with Crippen molar-refractivity contribution in [2.75, 3.05) is 0 Å². The molecule has 6 heteroatoms. The molecule has 0 aliphatic heterocycles. The van der Waals surface area contributed by atoms with Crippen molar-refractivity contribution < 1.29 is 10.0 Å². The van der Waals surface area contributed by atoms with E-state index in [0.717, 1.165) is 20.9 Å². The summed E-state index contributed by atoms with van der Waals surface area (Å²) in [6, 6.07) is 14.8. The number of nitrogens with zero attached hydrogens (tertiary/aromatic N) is 2. The lowest BCUT2D eigenvalue weighted by molar-refractivity contribution is -0.132. The van der Waals surface area contributed by atoms with E-state index >= 15 is 0 Å². The number of hydrogen-bond acceptors (Lipinski definition) is 3. The molecule has 0 aliphatic carbocycles. The van der Waals surface area contributed by atoms with Gasteiger partial charge >= 0.3 is 0 Å². The Kier molecular flexibility index (Phi) is 4.22. The summed E-state index contributed by atoms with van der Waals surface area (Å²) in [6.07, 6.45) is 2.15. The first-order valence-corrected chi connectivity index (χ1v) is 7.59. The molecule has 0 saturated heterocycles. The molecule has 112 valence electrons. The van der Waals surface area contributed by atoms with Gasteiger partial charge in [-0.1, -0.05) is 52.3 Å². The van der Waals surface area contributed by atoms with Crippen LogP contribution in [0.3, 0.4) is 0 Å². The summed E-state index contributed by atoms with van der Waals surface area (Å²) in [5, 5.41) is 14.3. The first kappa shape index (κ1) is 14.7. The number of carbonyl (C=O) groups excluding carboxylic acids is 1. The predicted molar refractivity (Wildman–Crippen MR) is 86.5 cm³/mol. The summed E-state index contributed by atoms with van der Waals surface area (Å²) >= 11 is 3.43. The number of amides is 1. The van der Waals surface area contributed by atoms with Crippen LogP contribution in [0.4, 0.5) is 0 Å². The summed E-state index contributed by atoms with van der Waals surface area (Å²) in [7, 11) is 0. The van der Waals surface area contributed by atoms with Gasteiger partial charge in [-0.05, 0) is 17.7 Å². The van der Waals surface area contributed by atoms with Gasteiger partial charge in [0.1, 0.15) is 6.04 Å². The van der Waals surface area contributed by atoms with E-state index < -0.39 is 11.9 Å². The average molecular weight is 360 g/mol. The van der Waals surface area contributed by atoms with Crippen LogP contribution >= 0.6 is 15.9 Å². The van der Waals surface area contributed by atoms with Crippen LogP contribution in [0.1, 0.15) is 11.6 Å². The van der Waals surface area contributed by atoms with Crippen molar-refractivity contribution in [3.63, 3.8) is 0 Å². The molecule has 1 heterocycles. The zero-order valence-electron chi connectivity index (χ0n) is 11.6. The number of hydroxylamine groups is 1. The molecule has 5 nitrogen and oxygen atoms in total. The topological polar surface area (TPSA) is 67.2 Å². The molecule has 0 fully saturated rings. The van der Waals surface area contributed by atoms with Gasteiger partial charge in [0.25, 0.3) is 5.91 Å². The van der Waals surface area contributed by atoms with E-state index in [1.54, 1.807) is 16.4 Å². The lowest BCUT2D eigenvalue weighted by atomic mass is 10.1. The van der Waals surface area contributed by atoms with Crippen LogP contribution in [0, 0.1) is 0 Å². The normalized spacial score (nSPS) is 12.3. The Morgan fingerprint density at radius 3 is 2.77 bits per heavy atom. The van der Waals surface area contributed by atoms with Crippen LogP contribution < -0.4 is 5.48 Å². The van der Waals surface area contributed by atoms with Gasteiger partial charge in [0.05, 0.1) is 11.7 Å². The highest BCUT2D eigenvalue weighted by Gasteiger charge is 2.23. The first-order chi connectivity index (χ1) is 10.7. The van der Waals surface area contributed by atoms with Gasteiger partial charge in [-0.25, -0.2) is 5.48 Å². The van der Waals surface area contributed by atoms with Crippen molar-refractivity contribution in [2.45, 2.75) is 12.5 Å². The minimum Gasteiger partial charge on any atom is -0.289 e. The van der Waals surface area contributed by atoms with Gasteiger partial charge < -0.3 is 0 Å². The number of carbonyl (C=O) groups is 1. The lowest BCUT2D eigenvalue weighted by Gasteiger charge is -2.17. The van der Waals surface area contributed by atoms with E-state index in [1.165, 1.54) is 0 Å². The summed E-state index contributed by atoms with van der Waals surface area (Å²) in [5.74, 6) is -0.492. The van der Waals surface area contributed by atoms with Gasteiger partial charge in [0.2, 0.25) is 0 Å². The highest BCUT2D eigenvalue weighted by molar-refractivity contribution is 9.10. The molecule has 0 bridgehead atoms. The molecule has 3 rings (SSSR count). The molecule has 0 saturated carbocycles. The first-order valence-electron chi connectivity index (χ1n) is 6.79. The Morgan fingerprint density at radius 1 is 1.27 bits per heavy atom. The fourth-order valence-electron chi connectivity index (χ4n) is 2.46. The van der Waals surface area contributed by atoms with E-state index in [-0.39, 0.29) is 0 Å². The standard InChI is InChI=1S/C16H14BrN3O2/c17-13-7-6-12-10-18-20(14(12)9-13)15(16(21)19-22)8-11-4-2-1-3-5-11/h1-7,9-10,15,22H,8H2,(H,19,21). The maximum Gasteiger partial charge on any atom is 0.268 e. The van der Waals surface area contributed by atoms with Crippen LogP contribution in [0.15, 0.2) is 59.2 Å². The Bertz CT molecular complexity index is 802. The number of nitrogens with one attached hydrogen (secondary N) is 1. The molecule has 1 unspecified atom stereocenters. The van der Waals surface area contributed by atoms with Gasteiger partial charge in [-0.15, -0.1) is 0 Å². The Balaban J connectivity index is 2.04. The zero-order valence-corrected chi connectivity index (χ0v) is 13.2. The summed E-state index contributed by atoms with van der Waals surface area (Å²) in [6.45, 7) is 0. The number of rotatable bonds is 4. The van der Waals surface area contributed by atoms with E-state index in [0.29, 0.717) is 6.42 Å². The highest BCUT2D eigenvalue weighted by Crippen LogP contribution is 2.24. The molecular formula is C16H14BrN3O2. The second-order valence-corrected chi connectivity index (χ2v) is 5.89. The van der Waals surface area contributed by atoms with Crippen LogP contribution in [-0.2, 0) is 11.2 Å². The van der Waals surface area contributed by atoms with Crippen molar-refractivity contribution in [3.05, 3.63) is 64.8 Å². The number of benzene rings is 2. The Labute approximate surface area is 135 Å². The molecule has 2 aromatic carbocycles. The molecule has 2 N–H and O–H groups in total. The Hall–Kier alpha value is -2.18. The molecule has 3 aromatic rings. The third kappa shape index (κ3) is 2.88. The van der Waals surface area contributed by atoms with Crippen molar-refractivity contribution in [2.24, 2.45) is 0 Å². The van der Waals surface area contributed by atoms with E-state index in [2.05, 4.69) is 21.0 Å². The van der Waals surface area contributed by atoms with Gasteiger partial charge in [0, 0.05) is 16.3 Å². The summed E-state index contributed by atoms with van der Waals surface area (Å²) in [5.41, 5.74) is 3.57. The molecule has 0 aliphatic rings. The number of aromatic nitrogens is 2. The molecule has 0 spiro atoms. The largest absolute Gasteiger partial charge is 0.289 e. The second kappa shape index (κ2) is 6.29. The summed E-state index contributed by atoms with van der Waals surface area (Å²) in [4.78, 5) is 12.1. The van der Waals surface area contributed by atoms with Crippen molar-refractivity contribution in [1.82, 2.24) is 15.3 Å². The fraction of sp³-hybridized carbons (Fsp3) is 0.125. The maximum absolute atomic E-state index is 12.1. The van der Waals surface area contributed by atoms with Gasteiger partial charge in [-0.2, -0.15) is 5.10 Å². The van der Waals surface area contributed by atoms with Gasteiger partial charge in [-0.3, -0.25) is 14.7 Å². The SMILES string of the molecule is O=C(NO)C(Cc1ccccc1)n1ncc2ccc(Br)cc21. The molecule has 0 radical (unpaired) electrons. The lowest BCUT2D eigenvalue weighted by Crippen LogP contribution is -2.32. The molecule has 1 atom stereocenters. The van der Waals surface area contributed by atoms with Crippen molar-refractivity contribution >= 4 is 32.7 Å². The minimum atomic E-state index is -0.626. The average Bonchev–Trinajstić information content (AvgIpc) is 2.95. The molecule has 22 heavy (non-hydrogen) atoms. The van der Waals surface area contributed by atoms with Crippen LogP contribution in [0.25, 0.3) is 10.9 Å². The molecular weight excluding hydrogens is 346 g/mol. The summed E-state index contributed by atoms with van der Waals surface area (Å²) < 4.78 is 2.54. The maximum atomic E-state index is 12.1. The highest BCUT2D eigenvalue weighted by atomic mass is 79.9. The van der Waals surface area contributed by atoms with Gasteiger partial charge in [0.15, 0.2) is 0 Å². The molecule has 1 amide bonds. The van der Waals surface area contributed by atoms with E-state index in [9.17, 15) is 4.79 Å². The quantitative estimate of drug-likeness (QED) is 0.555. The fourth-order valence-corrected chi connectivity index (χ4v) is 2.81. The monoisotopic (exact) mass is 359 g/mol. The van der Waals surface area contributed by atoms with Crippen LogP contribution in [-0.4, -0.2) is 20.9 Å². The minimum absolute atomic E-state index is 0.441. The number of halogens is 1. The Morgan fingerprint density at radius 2 is 2.05 bits per heavy atom. The van der Waals surface area contributed by atoms with Crippen LogP contribution in [0.2, 0.25) is 0 Å². The third-order valence-corrected chi connectivity index (χ3v) is 4.03. The second-order valence-electron chi connectivity index (χ2n) is 4.97. The van der Waals surface area contributed by atoms with Crippen molar-refractivity contribution in [1.29, 1.82) is 0 Å². The predicted octanol–water partition coefficient (Wildman–Crippen LogP) is 3.09. The number of hydrogen-bond donors (Lipinski definition) is 2. The van der Waals surface area contributed by atoms with E-state index in [1.807, 2.05) is 48.5 Å². The molecule has 1 aromatic heterocycles. The third-order valence-electron chi connectivity index (χ3n) is 3.54. The number of fused-ring (bicyclic) bond motifs is 1.